The Kier molecular flexibility index (Phi) is 4.62. The Morgan fingerprint density at radius 3 is 2.91 bits per heavy atom. The van der Waals surface area contributed by atoms with E-state index in [0.717, 1.165) is 38.6 Å². The topological polar surface area (TPSA) is 49.2 Å². The highest BCUT2D eigenvalue weighted by atomic mass is 19.1. The molecule has 4 nitrogen and oxygen atoms in total. The van der Waals surface area contributed by atoms with Gasteiger partial charge in [0.15, 0.2) is 11.6 Å². The summed E-state index contributed by atoms with van der Waals surface area (Å²) >= 11 is 0. The zero-order chi connectivity index (χ0) is 15.7. The van der Waals surface area contributed by atoms with Crippen LogP contribution in [0.4, 0.5) is 10.2 Å². The van der Waals surface area contributed by atoms with E-state index in [0.29, 0.717) is 23.9 Å². The molecule has 4 atom stereocenters. The quantitative estimate of drug-likeness (QED) is 0.933. The molecule has 2 fully saturated rings. The lowest BCUT2D eigenvalue weighted by Gasteiger charge is -2.39. The summed E-state index contributed by atoms with van der Waals surface area (Å²) in [6, 6.07) is 0.201. The van der Waals surface area contributed by atoms with Crippen LogP contribution in [0.3, 0.4) is 0 Å². The average Bonchev–Trinajstić information content (AvgIpc) is 2.99. The fourth-order valence-corrected chi connectivity index (χ4v) is 4.17. The molecule has 2 heterocycles. The molecule has 0 unspecified atom stereocenters. The van der Waals surface area contributed by atoms with E-state index in [1.807, 2.05) is 6.92 Å². The van der Waals surface area contributed by atoms with Crippen LogP contribution in [0.2, 0.25) is 0 Å². The van der Waals surface area contributed by atoms with Gasteiger partial charge in [-0.05, 0) is 44.4 Å². The largest absolute Gasteiger partial charge is 0.393 e. The molecule has 1 aromatic rings. The normalized spacial score (nSPS) is 32.5. The number of anilines is 1. The number of aliphatic hydroxyl groups excluding tert-OH is 1. The van der Waals surface area contributed by atoms with Crippen molar-refractivity contribution in [3.8, 4) is 0 Å². The van der Waals surface area contributed by atoms with Crippen molar-refractivity contribution >= 4 is 5.82 Å². The summed E-state index contributed by atoms with van der Waals surface area (Å²) in [5.74, 6) is 1.01. The first-order valence-corrected chi connectivity index (χ1v) is 8.55. The van der Waals surface area contributed by atoms with Crippen LogP contribution in [0.25, 0.3) is 0 Å². The van der Waals surface area contributed by atoms with Gasteiger partial charge >= 0.3 is 0 Å². The first-order chi connectivity index (χ1) is 10.6. The van der Waals surface area contributed by atoms with Crippen LogP contribution in [-0.2, 0) is 6.42 Å². The second-order valence-electron chi connectivity index (χ2n) is 6.86. The van der Waals surface area contributed by atoms with Gasteiger partial charge in [0.1, 0.15) is 6.33 Å². The van der Waals surface area contributed by atoms with E-state index in [1.54, 1.807) is 0 Å². The highest BCUT2D eigenvalue weighted by Crippen LogP contribution is 2.39. The minimum atomic E-state index is -0.282. The molecule has 1 aliphatic carbocycles. The maximum absolute atomic E-state index is 14.6. The van der Waals surface area contributed by atoms with Crippen molar-refractivity contribution in [2.45, 2.75) is 64.5 Å². The first-order valence-electron chi connectivity index (χ1n) is 8.55. The Hall–Kier alpha value is -1.23. The molecule has 3 rings (SSSR count). The van der Waals surface area contributed by atoms with E-state index in [-0.39, 0.29) is 23.9 Å². The molecule has 1 saturated heterocycles. The molecule has 122 valence electrons. The minimum Gasteiger partial charge on any atom is -0.393 e. The molecule has 0 bridgehead atoms. The maximum atomic E-state index is 14.6. The number of rotatable bonds is 3. The molecular formula is C17H26FN3O. The van der Waals surface area contributed by atoms with E-state index < -0.39 is 0 Å². The number of aliphatic hydroxyl groups is 1. The lowest BCUT2D eigenvalue weighted by Crippen LogP contribution is -2.44. The van der Waals surface area contributed by atoms with E-state index in [9.17, 15) is 9.50 Å². The molecule has 0 aromatic carbocycles. The van der Waals surface area contributed by atoms with E-state index in [2.05, 4.69) is 21.8 Å². The zero-order valence-electron chi connectivity index (χ0n) is 13.5. The molecule has 5 heteroatoms. The van der Waals surface area contributed by atoms with Crippen molar-refractivity contribution < 1.29 is 9.50 Å². The molecule has 2 aliphatic rings. The lowest BCUT2D eigenvalue weighted by atomic mass is 9.76. The Labute approximate surface area is 131 Å². The summed E-state index contributed by atoms with van der Waals surface area (Å²) < 4.78 is 14.6. The van der Waals surface area contributed by atoms with Gasteiger partial charge in [0.05, 0.1) is 11.8 Å². The molecule has 0 amide bonds. The molecule has 1 aromatic heterocycles. The molecular weight excluding hydrogens is 281 g/mol. The smallest absolute Gasteiger partial charge is 0.187 e. The van der Waals surface area contributed by atoms with Crippen LogP contribution in [-0.4, -0.2) is 33.8 Å². The third kappa shape index (κ3) is 2.83. The van der Waals surface area contributed by atoms with Gasteiger partial charge in [-0.1, -0.05) is 13.8 Å². The predicted octanol–water partition coefficient (Wildman–Crippen LogP) is 2.94. The Morgan fingerprint density at radius 2 is 2.14 bits per heavy atom. The second-order valence-corrected chi connectivity index (χ2v) is 6.86. The van der Waals surface area contributed by atoms with E-state index in [4.69, 9.17) is 0 Å². The summed E-state index contributed by atoms with van der Waals surface area (Å²) in [6.45, 7) is 4.97. The molecule has 0 spiro atoms. The van der Waals surface area contributed by atoms with Gasteiger partial charge in [0, 0.05) is 18.5 Å². The highest BCUT2D eigenvalue weighted by Gasteiger charge is 2.40. The zero-order valence-corrected chi connectivity index (χ0v) is 13.5. The monoisotopic (exact) mass is 307 g/mol. The minimum absolute atomic E-state index is 0.201. The van der Waals surface area contributed by atoms with Crippen LogP contribution in [0.5, 0.6) is 0 Å². The van der Waals surface area contributed by atoms with Gasteiger partial charge in [0.2, 0.25) is 0 Å². The van der Waals surface area contributed by atoms with Crippen molar-refractivity contribution in [1.29, 1.82) is 0 Å². The van der Waals surface area contributed by atoms with Crippen LogP contribution in [0.1, 0.15) is 51.6 Å². The highest BCUT2D eigenvalue weighted by molar-refractivity contribution is 5.44. The number of halogens is 1. The van der Waals surface area contributed by atoms with Gasteiger partial charge in [-0.2, -0.15) is 0 Å². The van der Waals surface area contributed by atoms with Gasteiger partial charge in [-0.15, -0.1) is 0 Å². The van der Waals surface area contributed by atoms with Gasteiger partial charge in [-0.3, -0.25) is 0 Å². The van der Waals surface area contributed by atoms with E-state index >= 15 is 0 Å². The molecule has 0 radical (unpaired) electrons. The number of aromatic nitrogens is 2. The maximum Gasteiger partial charge on any atom is 0.187 e. The summed E-state index contributed by atoms with van der Waals surface area (Å²) in [5.41, 5.74) is 0.480. The van der Waals surface area contributed by atoms with E-state index in [1.165, 1.54) is 6.33 Å². The summed E-state index contributed by atoms with van der Waals surface area (Å²) in [6.07, 6.45) is 6.80. The SMILES string of the molecule is CCc1ncnc(N2CCC[C@@H]2[C@@H]2C[C@H](C)CC[C@H]2O)c1F. The van der Waals surface area contributed by atoms with Crippen molar-refractivity contribution in [3.63, 3.8) is 0 Å². The Balaban J connectivity index is 1.87. The van der Waals surface area contributed by atoms with Crippen molar-refractivity contribution in [2.75, 3.05) is 11.4 Å². The van der Waals surface area contributed by atoms with Crippen molar-refractivity contribution in [3.05, 3.63) is 17.8 Å². The number of hydrogen-bond acceptors (Lipinski definition) is 4. The van der Waals surface area contributed by atoms with Crippen LogP contribution >= 0.6 is 0 Å². The fraction of sp³-hybridized carbons (Fsp3) is 0.765. The second kappa shape index (κ2) is 6.49. The van der Waals surface area contributed by atoms with Crippen molar-refractivity contribution in [1.82, 2.24) is 9.97 Å². The fourth-order valence-electron chi connectivity index (χ4n) is 4.17. The predicted molar refractivity (Wildman–Crippen MR) is 84.2 cm³/mol. The Morgan fingerprint density at radius 1 is 1.32 bits per heavy atom. The molecule has 1 N–H and O–H groups in total. The number of aryl methyl sites for hydroxylation is 1. The third-order valence-electron chi connectivity index (χ3n) is 5.37. The van der Waals surface area contributed by atoms with Gasteiger partial charge < -0.3 is 10.0 Å². The lowest BCUT2D eigenvalue weighted by molar-refractivity contribution is 0.0389. The molecule has 1 saturated carbocycles. The Bertz CT molecular complexity index is 525. The summed E-state index contributed by atoms with van der Waals surface area (Å²) in [4.78, 5) is 10.3. The van der Waals surface area contributed by atoms with Gasteiger partial charge in [0.25, 0.3) is 0 Å². The van der Waals surface area contributed by atoms with Crippen molar-refractivity contribution in [2.24, 2.45) is 11.8 Å². The van der Waals surface area contributed by atoms with Crippen LogP contribution < -0.4 is 4.90 Å². The van der Waals surface area contributed by atoms with Crippen LogP contribution in [0.15, 0.2) is 6.33 Å². The standard InChI is InChI=1S/C17H26FN3O/c1-3-13-16(18)17(20-10-19-13)21-8-4-5-14(21)12-9-11(2)6-7-15(12)22/h10-12,14-15,22H,3-9H2,1-2H3/t11-,12+,14-,15-/m1/s1. The average molecular weight is 307 g/mol. The summed E-state index contributed by atoms with van der Waals surface area (Å²) in [5, 5.41) is 10.4. The molecule has 22 heavy (non-hydrogen) atoms. The third-order valence-corrected chi connectivity index (χ3v) is 5.37. The summed E-state index contributed by atoms with van der Waals surface area (Å²) in [7, 11) is 0. The number of hydrogen-bond donors (Lipinski definition) is 1. The number of nitrogens with zero attached hydrogens (tertiary/aromatic N) is 3. The first kappa shape index (κ1) is 15.7. The van der Waals surface area contributed by atoms with Crippen LogP contribution in [0, 0.1) is 17.7 Å². The van der Waals surface area contributed by atoms with Gasteiger partial charge in [-0.25, -0.2) is 14.4 Å². The molecule has 1 aliphatic heterocycles.